The lowest BCUT2D eigenvalue weighted by molar-refractivity contribution is -0.232. The zero-order valence-electron chi connectivity index (χ0n) is 15.6. The van der Waals surface area contributed by atoms with Crippen LogP contribution in [0.2, 0.25) is 0 Å². The van der Waals surface area contributed by atoms with Gasteiger partial charge in [-0.2, -0.15) is 0 Å². The molecular weight excluding hydrogens is 292 g/mol. The van der Waals surface area contributed by atoms with Gasteiger partial charge in [-0.15, -0.1) is 0 Å². The molecule has 2 saturated carbocycles. The molecule has 0 aliphatic heterocycles. The molecule has 23 heavy (non-hydrogen) atoms. The molecule has 134 valence electrons. The van der Waals surface area contributed by atoms with Crippen molar-refractivity contribution in [1.29, 1.82) is 0 Å². The first-order valence-electron chi connectivity index (χ1n) is 8.79. The number of carbonyl (C=O) groups excluding carboxylic acids is 1. The maximum absolute atomic E-state index is 11.2. The minimum absolute atomic E-state index is 0.0961. The zero-order chi connectivity index (χ0) is 17.7. The molecule has 2 fully saturated rings. The summed E-state index contributed by atoms with van der Waals surface area (Å²) in [6, 6.07) is 0. The summed E-state index contributed by atoms with van der Waals surface area (Å²) in [5, 5.41) is 20.9. The highest BCUT2D eigenvalue weighted by atomic mass is 16.5. The number of carbonyl (C=O) groups is 1. The van der Waals surface area contributed by atoms with Crippen molar-refractivity contribution in [3.05, 3.63) is 0 Å². The molecule has 2 bridgehead atoms. The van der Waals surface area contributed by atoms with Gasteiger partial charge in [-0.25, -0.2) is 0 Å². The van der Waals surface area contributed by atoms with Crippen LogP contribution < -0.4 is 0 Å². The largest absolute Gasteiger partial charge is 0.461 e. The Hall–Kier alpha value is -0.610. The Kier molecular flexibility index (Phi) is 4.44. The Labute approximate surface area is 140 Å². The molecule has 4 atom stereocenters. The van der Waals surface area contributed by atoms with Crippen LogP contribution in [0.5, 0.6) is 0 Å². The van der Waals surface area contributed by atoms with Crippen LogP contribution in [0.15, 0.2) is 0 Å². The van der Waals surface area contributed by atoms with E-state index in [1.165, 1.54) is 0 Å². The molecule has 0 aromatic heterocycles. The molecule has 4 nitrogen and oxygen atoms in total. The summed E-state index contributed by atoms with van der Waals surface area (Å²) in [5.41, 5.74) is -2.19. The second-order valence-electron chi connectivity index (χ2n) is 9.88. The van der Waals surface area contributed by atoms with E-state index in [2.05, 4.69) is 27.7 Å². The Morgan fingerprint density at radius 2 is 1.78 bits per heavy atom. The van der Waals surface area contributed by atoms with Crippen LogP contribution in [0.1, 0.15) is 73.6 Å². The second kappa shape index (κ2) is 5.45. The van der Waals surface area contributed by atoms with E-state index < -0.39 is 11.2 Å². The van der Waals surface area contributed by atoms with Gasteiger partial charge in [0.1, 0.15) is 5.60 Å². The number of hydrogen-bond acceptors (Lipinski definition) is 4. The fourth-order valence-electron chi connectivity index (χ4n) is 5.51. The van der Waals surface area contributed by atoms with Crippen molar-refractivity contribution in [1.82, 2.24) is 0 Å². The second-order valence-corrected chi connectivity index (χ2v) is 9.88. The first kappa shape index (κ1) is 18.7. The van der Waals surface area contributed by atoms with Gasteiger partial charge in [-0.3, -0.25) is 4.79 Å². The SMILES string of the molecule is CC1CC2(OC=O)CC(C)(C(C)(C)O)CC(C(C)(C)CO)(C1)C2. The number of hydrogen-bond donors (Lipinski definition) is 2. The lowest BCUT2D eigenvalue weighted by Gasteiger charge is -2.65. The number of rotatable bonds is 5. The van der Waals surface area contributed by atoms with Gasteiger partial charge in [0.05, 0.1) is 5.60 Å². The molecule has 0 heterocycles. The van der Waals surface area contributed by atoms with Crippen molar-refractivity contribution in [2.24, 2.45) is 22.2 Å². The quantitative estimate of drug-likeness (QED) is 0.761. The zero-order valence-corrected chi connectivity index (χ0v) is 15.6. The third-order valence-electron chi connectivity index (χ3n) is 7.17. The van der Waals surface area contributed by atoms with Gasteiger partial charge in [-0.05, 0) is 62.7 Å². The molecule has 0 aromatic rings. The highest BCUT2D eigenvalue weighted by Crippen LogP contribution is 2.67. The number of ether oxygens (including phenoxy) is 1. The Morgan fingerprint density at radius 3 is 2.26 bits per heavy atom. The van der Waals surface area contributed by atoms with Crippen LogP contribution in [0, 0.1) is 22.2 Å². The molecule has 2 rings (SSSR count). The minimum Gasteiger partial charge on any atom is -0.461 e. The molecule has 0 saturated heterocycles. The third kappa shape index (κ3) is 2.93. The molecule has 4 unspecified atom stereocenters. The smallest absolute Gasteiger partial charge is 0.293 e. The normalized spacial score (nSPS) is 41.5. The van der Waals surface area contributed by atoms with E-state index >= 15 is 0 Å². The summed E-state index contributed by atoms with van der Waals surface area (Å²) in [5.74, 6) is 0.431. The molecule has 0 spiro atoms. The lowest BCUT2D eigenvalue weighted by atomic mass is 9.42. The Balaban J connectivity index is 2.58. The molecular formula is C19H34O4. The first-order chi connectivity index (χ1) is 10.3. The first-order valence-corrected chi connectivity index (χ1v) is 8.79. The highest BCUT2D eigenvalue weighted by molar-refractivity contribution is 5.39. The van der Waals surface area contributed by atoms with Gasteiger partial charge >= 0.3 is 0 Å². The van der Waals surface area contributed by atoms with Crippen LogP contribution in [0.3, 0.4) is 0 Å². The van der Waals surface area contributed by atoms with E-state index in [1.54, 1.807) is 0 Å². The molecule has 4 heteroatoms. The number of fused-ring (bicyclic) bond motifs is 2. The standard InChI is InChI=1S/C19H34O4/c1-14-7-18(15(2,3)12-20)9-17(6,16(4,5)22)10-19(8-14,11-18)23-13-21/h13-14,20,22H,7-12H2,1-6H3. The maximum Gasteiger partial charge on any atom is 0.293 e. The van der Waals surface area contributed by atoms with Gasteiger partial charge < -0.3 is 14.9 Å². The van der Waals surface area contributed by atoms with Gasteiger partial charge in [0.15, 0.2) is 0 Å². The summed E-state index contributed by atoms with van der Waals surface area (Å²) < 4.78 is 5.69. The summed E-state index contributed by atoms with van der Waals surface area (Å²) in [7, 11) is 0. The molecule has 0 radical (unpaired) electrons. The van der Waals surface area contributed by atoms with Crippen molar-refractivity contribution in [3.8, 4) is 0 Å². The fraction of sp³-hybridized carbons (Fsp3) is 0.947. The Bertz CT molecular complexity index is 466. The summed E-state index contributed by atoms with van der Waals surface area (Å²) >= 11 is 0. The molecule has 0 aromatic carbocycles. The minimum atomic E-state index is -0.873. The van der Waals surface area contributed by atoms with Crippen molar-refractivity contribution < 1.29 is 19.7 Å². The van der Waals surface area contributed by atoms with Crippen LogP contribution in [0.4, 0.5) is 0 Å². The van der Waals surface area contributed by atoms with E-state index in [-0.39, 0.29) is 22.9 Å². The third-order valence-corrected chi connectivity index (χ3v) is 7.17. The average Bonchev–Trinajstić information content (AvgIpc) is 2.35. The van der Waals surface area contributed by atoms with Crippen LogP contribution in [0.25, 0.3) is 0 Å². The van der Waals surface area contributed by atoms with E-state index in [4.69, 9.17) is 4.74 Å². The summed E-state index contributed by atoms with van der Waals surface area (Å²) in [6.45, 7) is 12.9. The molecule has 2 aliphatic rings. The van der Waals surface area contributed by atoms with Crippen LogP contribution in [-0.4, -0.2) is 34.5 Å². The average molecular weight is 326 g/mol. The predicted octanol–water partition coefficient (Wildman–Crippen LogP) is 3.29. The highest BCUT2D eigenvalue weighted by Gasteiger charge is 2.64. The monoisotopic (exact) mass is 326 g/mol. The van der Waals surface area contributed by atoms with E-state index in [1.807, 2.05) is 13.8 Å². The summed E-state index contributed by atoms with van der Waals surface area (Å²) in [6.07, 6.45) is 4.13. The number of aliphatic hydroxyl groups excluding tert-OH is 1. The van der Waals surface area contributed by atoms with Crippen molar-refractivity contribution in [3.63, 3.8) is 0 Å². The van der Waals surface area contributed by atoms with Gasteiger partial charge in [-0.1, -0.05) is 27.7 Å². The van der Waals surface area contributed by atoms with Crippen molar-refractivity contribution >= 4 is 6.47 Å². The van der Waals surface area contributed by atoms with Crippen molar-refractivity contribution in [2.45, 2.75) is 84.8 Å². The van der Waals surface area contributed by atoms with Crippen molar-refractivity contribution in [2.75, 3.05) is 6.61 Å². The van der Waals surface area contributed by atoms with Crippen LogP contribution >= 0.6 is 0 Å². The van der Waals surface area contributed by atoms with Gasteiger partial charge in [0, 0.05) is 12.0 Å². The van der Waals surface area contributed by atoms with Crippen LogP contribution in [-0.2, 0) is 9.53 Å². The van der Waals surface area contributed by atoms with E-state index in [0.29, 0.717) is 18.8 Å². The fourth-order valence-corrected chi connectivity index (χ4v) is 5.51. The molecule has 0 amide bonds. The Morgan fingerprint density at radius 1 is 1.17 bits per heavy atom. The summed E-state index contributed by atoms with van der Waals surface area (Å²) in [4.78, 5) is 11.2. The lowest BCUT2D eigenvalue weighted by Crippen LogP contribution is -2.63. The van der Waals surface area contributed by atoms with E-state index in [9.17, 15) is 15.0 Å². The van der Waals surface area contributed by atoms with Gasteiger partial charge in [0.2, 0.25) is 0 Å². The molecule has 2 N–H and O–H groups in total. The number of aliphatic hydroxyl groups is 2. The predicted molar refractivity (Wildman–Crippen MR) is 89.8 cm³/mol. The van der Waals surface area contributed by atoms with Gasteiger partial charge in [0.25, 0.3) is 6.47 Å². The topological polar surface area (TPSA) is 66.8 Å². The maximum atomic E-state index is 11.2. The van der Waals surface area contributed by atoms with E-state index in [0.717, 1.165) is 25.7 Å². The molecule has 2 aliphatic carbocycles.